The molecule has 0 saturated carbocycles. The van der Waals surface area contributed by atoms with Crippen LogP contribution in [0.15, 0.2) is 17.5 Å². The molecule has 2 heterocycles. The molecule has 2 rings (SSSR count). The summed E-state index contributed by atoms with van der Waals surface area (Å²) in [6.07, 6.45) is 0.752. The second-order valence-electron chi connectivity index (χ2n) is 4.54. The van der Waals surface area contributed by atoms with Gasteiger partial charge in [0.1, 0.15) is 6.10 Å². The highest BCUT2D eigenvalue weighted by Crippen LogP contribution is 2.23. The fourth-order valence-electron chi connectivity index (χ4n) is 2.13. The van der Waals surface area contributed by atoms with Crippen LogP contribution in [0.25, 0.3) is 0 Å². The van der Waals surface area contributed by atoms with E-state index in [1.165, 1.54) is 18.4 Å². The van der Waals surface area contributed by atoms with Crippen LogP contribution in [-0.4, -0.2) is 37.7 Å². The molecule has 0 aliphatic carbocycles. The summed E-state index contributed by atoms with van der Waals surface area (Å²) in [7, 11) is 1.30. The molecule has 0 spiro atoms. The van der Waals surface area contributed by atoms with Gasteiger partial charge in [-0.1, -0.05) is 6.07 Å². The standard InChI is InChI=1S/C13H18N2O4S.ClH/c1-18-13(17)11(10-3-2-6-20-10)15-12(16)9-5-4-8(7-14)19-9;/h2-3,6,8-9,11H,4-5,7,14H2,1H3,(H,15,16);1H/t8-,9+,11?;/m1./s1. The largest absolute Gasteiger partial charge is 0.467 e. The summed E-state index contributed by atoms with van der Waals surface area (Å²) in [4.78, 5) is 24.7. The molecule has 8 heteroatoms. The topological polar surface area (TPSA) is 90.7 Å². The van der Waals surface area contributed by atoms with E-state index in [1.54, 1.807) is 6.07 Å². The third-order valence-electron chi connectivity index (χ3n) is 3.21. The second-order valence-corrected chi connectivity index (χ2v) is 5.52. The van der Waals surface area contributed by atoms with E-state index >= 15 is 0 Å². The molecule has 1 saturated heterocycles. The maximum Gasteiger partial charge on any atom is 0.333 e. The first kappa shape index (κ1) is 17.9. The fourth-order valence-corrected chi connectivity index (χ4v) is 2.89. The minimum atomic E-state index is -0.784. The molecule has 1 aromatic rings. The molecule has 21 heavy (non-hydrogen) atoms. The molecule has 1 aliphatic heterocycles. The van der Waals surface area contributed by atoms with E-state index in [0.29, 0.717) is 13.0 Å². The average Bonchev–Trinajstić information content (AvgIpc) is 3.14. The van der Waals surface area contributed by atoms with Gasteiger partial charge in [0.25, 0.3) is 0 Å². The van der Waals surface area contributed by atoms with Crippen molar-refractivity contribution >= 4 is 35.6 Å². The zero-order chi connectivity index (χ0) is 14.5. The summed E-state index contributed by atoms with van der Waals surface area (Å²) in [5.74, 6) is -0.793. The minimum absolute atomic E-state index is 0. The molecule has 1 aromatic heterocycles. The summed E-state index contributed by atoms with van der Waals surface area (Å²) in [5, 5.41) is 4.53. The van der Waals surface area contributed by atoms with Crippen molar-refractivity contribution in [3.05, 3.63) is 22.4 Å². The number of ether oxygens (including phenoxy) is 2. The zero-order valence-corrected chi connectivity index (χ0v) is 13.2. The number of rotatable bonds is 5. The summed E-state index contributed by atoms with van der Waals surface area (Å²) in [6, 6.07) is 2.82. The van der Waals surface area contributed by atoms with Crippen LogP contribution >= 0.6 is 23.7 Å². The van der Waals surface area contributed by atoms with E-state index < -0.39 is 18.1 Å². The number of nitrogens with two attached hydrogens (primary N) is 1. The Morgan fingerprint density at radius 1 is 1.57 bits per heavy atom. The number of methoxy groups -OCH3 is 1. The molecule has 0 aromatic carbocycles. The molecule has 0 radical (unpaired) electrons. The van der Waals surface area contributed by atoms with Gasteiger partial charge in [0.2, 0.25) is 5.91 Å². The average molecular weight is 335 g/mol. The van der Waals surface area contributed by atoms with E-state index in [9.17, 15) is 9.59 Å². The molecular formula is C13H19ClN2O4S. The number of amides is 1. The summed E-state index contributed by atoms with van der Waals surface area (Å²) < 4.78 is 10.3. The molecule has 118 valence electrons. The molecule has 3 atom stereocenters. The van der Waals surface area contributed by atoms with E-state index in [1.807, 2.05) is 11.4 Å². The molecule has 1 fully saturated rings. The van der Waals surface area contributed by atoms with Gasteiger partial charge in [-0.3, -0.25) is 4.79 Å². The normalized spacial score (nSPS) is 22.2. The first-order valence-corrected chi connectivity index (χ1v) is 7.30. The van der Waals surface area contributed by atoms with E-state index in [-0.39, 0.29) is 24.4 Å². The van der Waals surface area contributed by atoms with Crippen molar-refractivity contribution < 1.29 is 19.1 Å². The Hall–Kier alpha value is -1.15. The first-order valence-electron chi connectivity index (χ1n) is 6.42. The quantitative estimate of drug-likeness (QED) is 0.784. The predicted octanol–water partition coefficient (Wildman–Crippen LogP) is 1.01. The van der Waals surface area contributed by atoms with E-state index in [0.717, 1.165) is 11.3 Å². The minimum Gasteiger partial charge on any atom is -0.467 e. The highest BCUT2D eigenvalue weighted by atomic mass is 35.5. The highest BCUT2D eigenvalue weighted by Gasteiger charge is 2.33. The molecular weight excluding hydrogens is 316 g/mol. The van der Waals surface area contributed by atoms with Crippen molar-refractivity contribution in [2.75, 3.05) is 13.7 Å². The van der Waals surface area contributed by atoms with E-state index in [4.69, 9.17) is 15.2 Å². The lowest BCUT2D eigenvalue weighted by atomic mass is 10.1. The third-order valence-corrected chi connectivity index (χ3v) is 4.15. The first-order chi connectivity index (χ1) is 9.65. The number of nitrogens with one attached hydrogen (secondary N) is 1. The van der Waals surface area contributed by atoms with Gasteiger partial charge < -0.3 is 20.5 Å². The van der Waals surface area contributed by atoms with Crippen LogP contribution in [0, 0.1) is 0 Å². The van der Waals surface area contributed by atoms with Crippen molar-refractivity contribution in [1.82, 2.24) is 5.32 Å². The monoisotopic (exact) mass is 334 g/mol. The number of hydrogen-bond donors (Lipinski definition) is 2. The Kier molecular flexibility index (Phi) is 7.10. The predicted molar refractivity (Wildman–Crippen MR) is 81.4 cm³/mol. The van der Waals surface area contributed by atoms with Crippen molar-refractivity contribution in [3.8, 4) is 0 Å². The Bertz CT molecular complexity index is 469. The van der Waals surface area contributed by atoms with Crippen molar-refractivity contribution in [2.24, 2.45) is 5.73 Å². The second kappa shape index (κ2) is 8.33. The summed E-state index contributed by atoms with van der Waals surface area (Å²) in [5.41, 5.74) is 5.52. The molecule has 1 unspecified atom stereocenters. The zero-order valence-electron chi connectivity index (χ0n) is 11.6. The SMILES string of the molecule is COC(=O)C(NC(=O)[C@@H]1CC[C@H](CN)O1)c1cccs1.Cl. The van der Waals surface area contributed by atoms with E-state index in [2.05, 4.69) is 5.32 Å². The number of carbonyl (C=O) groups is 2. The fraction of sp³-hybridized carbons (Fsp3) is 0.538. The Morgan fingerprint density at radius 2 is 2.33 bits per heavy atom. The summed E-state index contributed by atoms with van der Waals surface area (Å²) in [6.45, 7) is 0.398. The van der Waals surface area contributed by atoms with Crippen LogP contribution in [0.5, 0.6) is 0 Å². The van der Waals surface area contributed by atoms with Crippen LogP contribution in [0.1, 0.15) is 23.8 Å². The molecule has 0 bridgehead atoms. The van der Waals surface area contributed by atoms with Crippen LogP contribution < -0.4 is 11.1 Å². The van der Waals surface area contributed by atoms with Crippen molar-refractivity contribution in [3.63, 3.8) is 0 Å². The van der Waals surface area contributed by atoms with Gasteiger partial charge in [-0.2, -0.15) is 0 Å². The van der Waals surface area contributed by atoms with Gasteiger partial charge >= 0.3 is 5.97 Å². The van der Waals surface area contributed by atoms with Gasteiger partial charge in [-0.15, -0.1) is 23.7 Å². The van der Waals surface area contributed by atoms with Gasteiger partial charge in [0, 0.05) is 11.4 Å². The third kappa shape index (κ3) is 4.41. The number of hydrogen-bond acceptors (Lipinski definition) is 6. The van der Waals surface area contributed by atoms with Gasteiger partial charge in [-0.05, 0) is 24.3 Å². The number of carbonyl (C=O) groups excluding carboxylic acids is 2. The highest BCUT2D eigenvalue weighted by molar-refractivity contribution is 7.10. The molecule has 3 N–H and O–H groups in total. The molecule has 6 nitrogen and oxygen atoms in total. The maximum atomic E-state index is 12.2. The van der Waals surface area contributed by atoms with Crippen LogP contribution in [0.4, 0.5) is 0 Å². The van der Waals surface area contributed by atoms with Gasteiger partial charge in [-0.25, -0.2) is 4.79 Å². The lowest BCUT2D eigenvalue weighted by molar-refractivity contribution is -0.147. The number of halogens is 1. The Balaban J connectivity index is 0.00000220. The van der Waals surface area contributed by atoms with Crippen LogP contribution in [0.3, 0.4) is 0 Å². The number of esters is 1. The molecule has 1 aliphatic rings. The number of thiophene rings is 1. The lowest BCUT2D eigenvalue weighted by Gasteiger charge is -2.18. The van der Waals surface area contributed by atoms with Crippen molar-refractivity contribution in [1.29, 1.82) is 0 Å². The van der Waals surface area contributed by atoms with Gasteiger partial charge in [0.05, 0.1) is 13.2 Å². The van der Waals surface area contributed by atoms with Crippen LogP contribution in [0.2, 0.25) is 0 Å². The lowest BCUT2D eigenvalue weighted by Crippen LogP contribution is -2.40. The van der Waals surface area contributed by atoms with Crippen molar-refractivity contribution in [2.45, 2.75) is 31.1 Å². The Morgan fingerprint density at radius 3 is 2.86 bits per heavy atom. The smallest absolute Gasteiger partial charge is 0.333 e. The summed E-state index contributed by atoms with van der Waals surface area (Å²) >= 11 is 1.39. The van der Waals surface area contributed by atoms with Crippen LogP contribution in [-0.2, 0) is 19.1 Å². The maximum absolute atomic E-state index is 12.2. The molecule has 1 amide bonds. The van der Waals surface area contributed by atoms with Gasteiger partial charge in [0.15, 0.2) is 6.04 Å². The Labute approximate surface area is 133 Å².